The molecule has 0 spiro atoms. The number of carboxylic acids is 2. The first-order valence-electron chi connectivity index (χ1n) is 7.06. The zero-order chi connectivity index (χ0) is 16.0. The summed E-state index contributed by atoms with van der Waals surface area (Å²) in [4.78, 5) is 24.1. The fourth-order valence-corrected chi connectivity index (χ4v) is 2.43. The van der Waals surface area contributed by atoms with Gasteiger partial charge in [0.1, 0.15) is 6.04 Å². The van der Waals surface area contributed by atoms with E-state index < -0.39 is 18.0 Å². The highest BCUT2D eigenvalue weighted by molar-refractivity contribution is 5.74. The summed E-state index contributed by atoms with van der Waals surface area (Å²) in [6, 6.07) is 7.06. The second kappa shape index (κ2) is 7.78. The summed E-state index contributed by atoms with van der Waals surface area (Å²) >= 11 is 0. The number of carbonyl (C=O) groups is 2. The number of hydrogen-bond acceptors (Lipinski definition) is 3. The molecule has 1 aromatic rings. The first-order chi connectivity index (χ1) is 9.82. The predicted molar refractivity (Wildman–Crippen MR) is 80.1 cm³/mol. The summed E-state index contributed by atoms with van der Waals surface area (Å²) in [7, 11) is 0. The first-order valence-corrected chi connectivity index (χ1v) is 7.06. The number of nitrogens with zero attached hydrogens (tertiary/aromatic N) is 1. The molecule has 0 saturated heterocycles. The van der Waals surface area contributed by atoms with Gasteiger partial charge in [-0.05, 0) is 24.0 Å². The van der Waals surface area contributed by atoms with E-state index in [0.29, 0.717) is 6.54 Å². The average Bonchev–Trinajstić information content (AvgIpc) is 2.37. The highest BCUT2D eigenvalue weighted by Gasteiger charge is 2.29. The Balaban J connectivity index is 2.98. The topological polar surface area (TPSA) is 77.8 Å². The van der Waals surface area contributed by atoms with Crippen molar-refractivity contribution >= 4 is 11.9 Å². The predicted octanol–water partition coefficient (Wildman–Crippen LogP) is 2.38. The average molecular weight is 293 g/mol. The zero-order valence-corrected chi connectivity index (χ0v) is 12.7. The van der Waals surface area contributed by atoms with Crippen LogP contribution in [-0.4, -0.2) is 39.6 Å². The molecule has 1 unspecified atom stereocenters. The van der Waals surface area contributed by atoms with E-state index >= 15 is 0 Å². The standard InChI is InChI=1S/C16H23NO4/c1-11(2)15(16(20)21)17(9-8-14(18)19)10-13-7-5-4-6-12(13)3/h4-7,11,15H,8-10H2,1-3H3,(H,18,19)(H,20,21). The van der Waals surface area contributed by atoms with Gasteiger partial charge in [0, 0.05) is 13.1 Å². The van der Waals surface area contributed by atoms with E-state index in [9.17, 15) is 14.7 Å². The smallest absolute Gasteiger partial charge is 0.321 e. The van der Waals surface area contributed by atoms with Crippen molar-refractivity contribution in [3.63, 3.8) is 0 Å². The number of rotatable bonds is 8. The molecule has 0 aliphatic rings. The third kappa shape index (κ3) is 5.19. The molecule has 0 aliphatic carbocycles. The van der Waals surface area contributed by atoms with Crippen LogP contribution in [0.25, 0.3) is 0 Å². The van der Waals surface area contributed by atoms with Gasteiger partial charge in [0.05, 0.1) is 6.42 Å². The molecule has 0 saturated carbocycles. The SMILES string of the molecule is Cc1ccccc1CN(CCC(=O)O)C(C(=O)O)C(C)C. The fourth-order valence-electron chi connectivity index (χ4n) is 2.43. The quantitative estimate of drug-likeness (QED) is 0.769. The lowest BCUT2D eigenvalue weighted by atomic mass is 10.0. The number of aryl methyl sites for hydroxylation is 1. The Morgan fingerprint density at radius 1 is 1.19 bits per heavy atom. The molecule has 2 N–H and O–H groups in total. The van der Waals surface area contributed by atoms with Crippen molar-refractivity contribution < 1.29 is 19.8 Å². The molecule has 0 aromatic heterocycles. The van der Waals surface area contributed by atoms with Gasteiger partial charge >= 0.3 is 11.9 Å². The molecule has 1 aromatic carbocycles. The molecule has 0 bridgehead atoms. The highest BCUT2D eigenvalue weighted by Crippen LogP contribution is 2.18. The maximum absolute atomic E-state index is 11.5. The van der Waals surface area contributed by atoms with Gasteiger partial charge in [0.15, 0.2) is 0 Å². The third-order valence-corrected chi connectivity index (χ3v) is 3.53. The number of carboxylic acid groups (broad SMARTS) is 2. The summed E-state index contributed by atoms with van der Waals surface area (Å²) < 4.78 is 0. The summed E-state index contributed by atoms with van der Waals surface area (Å²) in [5, 5.41) is 18.3. The lowest BCUT2D eigenvalue weighted by Gasteiger charge is -2.31. The minimum atomic E-state index is -0.919. The van der Waals surface area contributed by atoms with E-state index in [4.69, 9.17) is 5.11 Å². The number of benzene rings is 1. The molecule has 5 heteroatoms. The van der Waals surface area contributed by atoms with Gasteiger partial charge < -0.3 is 10.2 Å². The molecule has 0 fully saturated rings. The Labute approximate surface area is 125 Å². The van der Waals surface area contributed by atoms with Crippen molar-refractivity contribution in [2.75, 3.05) is 6.54 Å². The van der Waals surface area contributed by atoms with Crippen molar-refractivity contribution in [1.82, 2.24) is 4.90 Å². The lowest BCUT2D eigenvalue weighted by Crippen LogP contribution is -2.45. The second-order valence-corrected chi connectivity index (χ2v) is 5.57. The van der Waals surface area contributed by atoms with Crippen LogP contribution in [0.3, 0.4) is 0 Å². The van der Waals surface area contributed by atoms with Gasteiger partial charge in [-0.15, -0.1) is 0 Å². The molecule has 0 heterocycles. The second-order valence-electron chi connectivity index (χ2n) is 5.57. The minimum absolute atomic E-state index is 0.0671. The summed E-state index contributed by atoms with van der Waals surface area (Å²) in [5.74, 6) is -1.93. The molecule has 0 amide bonds. The first kappa shape index (κ1) is 17.2. The van der Waals surface area contributed by atoms with Gasteiger partial charge in [0.25, 0.3) is 0 Å². The van der Waals surface area contributed by atoms with Crippen LogP contribution in [0.4, 0.5) is 0 Å². The Morgan fingerprint density at radius 3 is 2.29 bits per heavy atom. The molecule has 116 valence electrons. The lowest BCUT2D eigenvalue weighted by molar-refractivity contribution is -0.147. The van der Waals surface area contributed by atoms with Crippen LogP contribution in [0.15, 0.2) is 24.3 Å². The van der Waals surface area contributed by atoms with Crippen LogP contribution in [0.5, 0.6) is 0 Å². The van der Waals surface area contributed by atoms with E-state index in [1.165, 1.54) is 0 Å². The van der Waals surface area contributed by atoms with Gasteiger partial charge in [-0.2, -0.15) is 0 Å². The van der Waals surface area contributed by atoms with Gasteiger partial charge in [-0.1, -0.05) is 38.1 Å². The van der Waals surface area contributed by atoms with Crippen molar-refractivity contribution in [2.24, 2.45) is 5.92 Å². The monoisotopic (exact) mass is 293 g/mol. The highest BCUT2D eigenvalue weighted by atomic mass is 16.4. The van der Waals surface area contributed by atoms with E-state index in [0.717, 1.165) is 11.1 Å². The van der Waals surface area contributed by atoms with Gasteiger partial charge in [-0.3, -0.25) is 14.5 Å². The summed E-state index contributed by atoms with van der Waals surface area (Å²) in [6.45, 7) is 6.30. The van der Waals surface area contributed by atoms with E-state index in [1.54, 1.807) is 4.90 Å². The summed E-state index contributed by atoms with van der Waals surface area (Å²) in [6.07, 6.45) is -0.0671. The molecular weight excluding hydrogens is 270 g/mol. The van der Waals surface area contributed by atoms with Crippen molar-refractivity contribution in [1.29, 1.82) is 0 Å². The molecular formula is C16H23NO4. The van der Waals surface area contributed by atoms with Crippen LogP contribution in [0.1, 0.15) is 31.4 Å². The Bertz CT molecular complexity index is 499. The number of hydrogen-bond donors (Lipinski definition) is 2. The van der Waals surface area contributed by atoms with E-state index in [1.807, 2.05) is 45.0 Å². The zero-order valence-electron chi connectivity index (χ0n) is 12.7. The Hall–Kier alpha value is -1.88. The fraction of sp³-hybridized carbons (Fsp3) is 0.500. The molecule has 1 rings (SSSR count). The normalized spacial score (nSPS) is 12.6. The van der Waals surface area contributed by atoms with Crippen LogP contribution >= 0.6 is 0 Å². The molecule has 0 aliphatic heterocycles. The molecule has 1 atom stereocenters. The molecule has 5 nitrogen and oxygen atoms in total. The maximum atomic E-state index is 11.5. The van der Waals surface area contributed by atoms with Crippen molar-refractivity contribution in [3.8, 4) is 0 Å². The summed E-state index contributed by atoms with van der Waals surface area (Å²) in [5.41, 5.74) is 2.10. The van der Waals surface area contributed by atoms with E-state index in [-0.39, 0.29) is 18.9 Å². The largest absolute Gasteiger partial charge is 0.481 e. The van der Waals surface area contributed by atoms with Crippen LogP contribution in [-0.2, 0) is 16.1 Å². The van der Waals surface area contributed by atoms with Crippen LogP contribution in [0.2, 0.25) is 0 Å². The maximum Gasteiger partial charge on any atom is 0.321 e. The van der Waals surface area contributed by atoms with Gasteiger partial charge in [-0.25, -0.2) is 0 Å². The van der Waals surface area contributed by atoms with Crippen LogP contribution in [0, 0.1) is 12.8 Å². The molecule has 21 heavy (non-hydrogen) atoms. The van der Waals surface area contributed by atoms with Crippen LogP contribution < -0.4 is 0 Å². The van der Waals surface area contributed by atoms with E-state index in [2.05, 4.69) is 0 Å². The van der Waals surface area contributed by atoms with Crippen molar-refractivity contribution in [2.45, 2.75) is 39.8 Å². The number of aliphatic carboxylic acids is 2. The minimum Gasteiger partial charge on any atom is -0.481 e. The Morgan fingerprint density at radius 2 is 1.81 bits per heavy atom. The molecule has 0 radical (unpaired) electrons. The van der Waals surface area contributed by atoms with Gasteiger partial charge in [0.2, 0.25) is 0 Å². The Kier molecular flexibility index (Phi) is 6.37. The third-order valence-electron chi connectivity index (χ3n) is 3.53. The van der Waals surface area contributed by atoms with Crippen molar-refractivity contribution in [3.05, 3.63) is 35.4 Å².